The third-order valence-electron chi connectivity index (χ3n) is 7.60. The van der Waals surface area contributed by atoms with Crippen LogP contribution in [0.4, 0.5) is 4.39 Å². The molecule has 0 amide bonds. The van der Waals surface area contributed by atoms with Crippen molar-refractivity contribution in [1.29, 1.82) is 0 Å². The zero-order chi connectivity index (χ0) is 25.6. The average molecular weight is 501 g/mol. The lowest BCUT2D eigenvalue weighted by molar-refractivity contribution is -0.0923. The highest BCUT2D eigenvalue weighted by Gasteiger charge is 2.53. The van der Waals surface area contributed by atoms with Gasteiger partial charge in [0.15, 0.2) is 16.6 Å². The Balaban J connectivity index is 2.50. The van der Waals surface area contributed by atoms with E-state index in [0.29, 0.717) is 6.42 Å². The van der Waals surface area contributed by atoms with Crippen LogP contribution in [0.1, 0.15) is 54.2 Å². The first kappa shape index (κ1) is 27.9. The SMILES string of the molecule is C=C[C@]1(CO[Si](C)(C)C(C)(C)C)O[C@@H](n2cc(F)c(=O)[nH]c2=O)CC1O[Si](C)(C)C(C)(C)C. The monoisotopic (exact) mass is 500 g/mol. The van der Waals surface area contributed by atoms with Crippen LogP contribution in [0.2, 0.25) is 36.3 Å². The van der Waals surface area contributed by atoms with E-state index >= 15 is 0 Å². The first-order valence-corrected chi connectivity index (χ1v) is 17.2. The minimum absolute atomic E-state index is 0.0118. The highest BCUT2D eigenvalue weighted by Crippen LogP contribution is 2.46. The summed E-state index contributed by atoms with van der Waals surface area (Å²) in [7, 11) is -4.38. The topological polar surface area (TPSA) is 82.5 Å². The Morgan fingerprint density at radius 3 is 2.21 bits per heavy atom. The normalized spacial score (nSPS) is 24.8. The second kappa shape index (κ2) is 9.03. The molecule has 2 rings (SSSR count). The van der Waals surface area contributed by atoms with E-state index in [-0.39, 0.29) is 16.7 Å². The van der Waals surface area contributed by atoms with E-state index in [4.69, 9.17) is 13.6 Å². The van der Waals surface area contributed by atoms with E-state index in [1.807, 2.05) is 4.98 Å². The largest absolute Gasteiger partial charge is 0.413 e. The molecule has 1 unspecified atom stereocenters. The number of hydrogen-bond acceptors (Lipinski definition) is 5. The molecule has 10 heteroatoms. The molecule has 7 nitrogen and oxygen atoms in total. The fraction of sp³-hybridized carbons (Fsp3) is 0.739. The van der Waals surface area contributed by atoms with Gasteiger partial charge in [0, 0.05) is 6.42 Å². The molecule has 188 valence electrons. The van der Waals surface area contributed by atoms with Crippen LogP contribution in [0.15, 0.2) is 28.4 Å². The number of aromatic nitrogens is 2. The first-order chi connectivity index (χ1) is 14.8. The van der Waals surface area contributed by atoms with Gasteiger partial charge in [0.2, 0.25) is 5.82 Å². The Labute approximate surface area is 198 Å². The van der Waals surface area contributed by atoms with Crippen LogP contribution in [-0.4, -0.2) is 44.5 Å². The number of halogens is 1. The fourth-order valence-corrected chi connectivity index (χ4v) is 5.54. The van der Waals surface area contributed by atoms with Gasteiger partial charge in [-0.05, 0) is 36.3 Å². The van der Waals surface area contributed by atoms with Gasteiger partial charge in [-0.2, -0.15) is 4.39 Å². The highest BCUT2D eigenvalue weighted by atomic mass is 28.4. The molecule has 1 aliphatic heterocycles. The molecule has 2 heterocycles. The van der Waals surface area contributed by atoms with Crippen molar-refractivity contribution in [1.82, 2.24) is 9.55 Å². The Bertz CT molecular complexity index is 990. The third-order valence-corrected chi connectivity index (χ3v) is 16.6. The molecule has 0 spiro atoms. The zero-order valence-electron chi connectivity index (χ0n) is 21.8. The van der Waals surface area contributed by atoms with Crippen LogP contribution in [0.25, 0.3) is 0 Å². The maximum absolute atomic E-state index is 14.0. The molecule has 1 fully saturated rings. The molecular formula is C23H41FN2O5Si2. The van der Waals surface area contributed by atoms with Crippen molar-refractivity contribution in [2.75, 3.05) is 6.61 Å². The van der Waals surface area contributed by atoms with Crippen molar-refractivity contribution in [3.8, 4) is 0 Å². The van der Waals surface area contributed by atoms with E-state index in [2.05, 4.69) is 74.3 Å². The number of nitrogens with zero attached hydrogens (tertiary/aromatic N) is 1. The van der Waals surface area contributed by atoms with Gasteiger partial charge >= 0.3 is 5.69 Å². The number of ether oxygens (including phenoxy) is 1. The highest BCUT2D eigenvalue weighted by molar-refractivity contribution is 6.74. The molecule has 3 atom stereocenters. The van der Waals surface area contributed by atoms with E-state index in [0.717, 1.165) is 10.8 Å². The summed E-state index contributed by atoms with van der Waals surface area (Å²) in [6.45, 7) is 25.8. The lowest BCUT2D eigenvalue weighted by atomic mass is 9.98. The molecule has 33 heavy (non-hydrogen) atoms. The van der Waals surface area contributed by atoms with E-state index < -0.39 is 51.6 Å². The standard InChI is InChI=1S/C23H41FN2O5Si2/c1-12-23(15-29-32(8,9)21(2,3)4)17(31-33(10,11)22(5,6)7)13-18(30-23)26-14-16(24)19(27)25-20(26)28/h12,14,17-18H,1,13,15H2,2-11H3,(H,25,27,28)/t17?,18-,23-/m1/s1. The van der Waals surface area contributed by atoms with E-state index in [1.165, 1.54) is 0 Å². The summed E-state index contributed by atoms with van der Waals surface area (Å²) in [5, 5.41) is -0.0681. The summed E-state index contributed by atoms with van der Waals surface area (Å²) in [4.78, 5) is 26.0. The van der Waals surface area contributed by atoms with Crippen molar-refractivity contribution >= 4 is 16.6 Å². The van der Waals surface area contributed by atoms with Gasteiger partial charge in [-0.1, -0.05) is 47.6 Å². The summed E-state index contributed by atoms with van der Waals surface area (Å²) < 4.78 is 34.8. The molecule has 1 aromatic rings. The summed E-state index contributed by atoms with van der Waals surface area (Å²) >= 11 is 0. The quantitative estimate of drug-likeness (QED) is 0.424. The number of hydrogen-bond donors (Lipinski definition) is 1. The van der Waals surface area contributed by atoms with Gasteiger partial charge in [0.25, 0.3) is 5.56 Å². The number of nitrogens with one attached hydrogen (secondary N) is 1. The Kier molecular flexibility index (Phi) is 7.64. The molecule has 0 aliphatic carbocycles. The minimum Gasteiger partial charge on any atom is -0.413 e. The van der Waals surface area contributed by atoms with Crippen LogP contribution < -0.4 is 11.2 Å². The first-order valence-electron chi connectivity index (χ1n) is 11.4. The van der Waals surface area contributed by atoms with Crippen LogP contribution in [0.5, 0.6) is 0 Å². The van der Waals surface area contributed by atoms with E-state index in [1.54, 1.807) is 6.08 Å². The number of rotatable bonds is 7. The van der Waals surface area contributed by atoms with Crippen molar-refractivity contribution in [3.05, 3.63) is 45.5 Å². The Hall–Kier alpha value is -1.34. The molecule has 1 N–H and O–H groups in total. The Morgan fingerprint density at radius 2 is 1.73 bits per heavy atom. The van der Waals surface area contributed by atoms with Crippen molar-refractivity contribution < 1.29 is 18.0 Å². The number of aromatic amines is 1. The van der Waals surface area contributed by atoms with Gasteiger partial charge < -0.3 is 13.6 Å². The van der Waals surface area contributed by atoms with Crippen molar-refractivity contribution in [2.24, 2.45) is 0 Å². The second-order valence-corrected chi connectivity index (χ2v) is 21.6. The van der Waals surface area contributed by atoms with Crippen LogP contribution in [0.3, 0.4) is 0 Å². The Morgan fingerprint density at radius 1 is 1.18 bits per heavy atom. The van der Waals surface area contributed by atoms with Crippen LogP contribution >= 0.6 is 0 Å². The minimum atomic E-state index is -2.24. The molecule has 0 bridgehead atoms. The molecule has 1 aromatic heterocycles. The smallest absolute Gasteiger partial charge is 0.330 e. The average Bonchev–Trinajstić information content (AvgIpc) is 2.99. The summed E-state index contributed by atoms with van der Waals surface area (Å²) in [6.07, 6.45) is 1.59. The van der Waals surface area contributed by atoms with Crippen molar-refractivity contribution in [3.63, 3.8) is 0 Å². The maximum Gasteiger partial charge on any atom is 0.330 e. The summed E-state index contributed by atoms with van der Waals surface area (Å²) in [6, 6.07) is 0. The zero-order valence-corrected chi connectivity index (χ0v) is 23.8. The summed E-state index contributed by atoms with van der Waals surface area (Å²) in [5.41, 5.74) is -2.82. The number of H-pyrrole nitrogens is 1. The predicted octanol–water partition coefficient (Wildman–Crippen LogP) is 4.93. The maximum atomic E-state index is 14.0. The molecule has 0 radical (unpaired) electrons. The fourth-order valence-electron chi connectivity index (χ4n) is 3.16. The lowest BCUT2D eigenvalue weighted by Crippen LogP contribution is -2.54. The predicted molar refractivity (Wildman–Crippen MR) is 134 cm³/mol. The van der Waals surface area contributed by atoms with Crippen LogP contribution in [0, 0.1) is 5.82 Å². The van der Waals surface area contributed by atoms with Gasteiger partial charge in [0.05, 0.1) is 18.9 Å². The van der Waals surface area contributed by atoms with Gasteiger partial charge in [-0.3, -0.25) is 14.3 Å². The molecule has 0 aromatic carbocycles. The van der Waals surface area contributed by atoms with Gasteiger partial charge in [-0.15, -0.1) is 6.58 Å². The van der Waals surface area contributed by atoms with E-state index in [9.17, 15) is 14.0 Å². The second-order valence-electron chi connectivity index (χ2n) is 12.0. The third kappa shape index (κ3) is 5.67. The lowest BCUT2D eigenvalue weighted by Gasteiger charge is -2.44. The van der Waals surface area contributed by atoms with Crippen molar-refractivity contribution in [2.45, 2.75) is 102 Å². The summed E-state index contributed by atoms with van der Waals surface area (Å²) in [5.74, 6) is -1.05. The molecule has 1 aliphatic rings. The molecule has 1 saturated heterocycles. The van der Waals surface area contributed by atoms with Gasteiger partial charge in [-0.25, -0.2) is 4.79 Å². The molecule has 0 saturated carbocycles. The van der Waals surface area contributed by atoms with Crippen LogP contribution in [-0.2, 0) is 13.6 Å². The molecular weight excluding hydrogens is 459 g/mol. The van der Waals surface area contributed by atoms with Gasteiger partial charge in [0.1, 0.15) is 11.8 Å².